The maximum Gasteiger partial charge on any atom is 0.0645 e. The lowest BCUT2D eigenvalue weighted by Crippen LogP contribution is -2.33. The van der Waals surface area contributed by atoms with Crippen LogP contribution in [-0.2, 0) is 12.8 Å². The third-order valence-corrected chi connectivity index (χ3v) is 4.53. The largest absolute Gasteiger partial charge is 0.337 e. The monoisotopic (exact) mass is 300 g/mol. The average Bonchev–Trinajstić information content (AvgIpc) is 2.49. The molecule has 1 aliphatic rings. The van der Waals surface area contributed by atoms with Crippen molar-refractivity contribution in [3.63, 3.8) is 0 Å². The molecule has 0 aliphatic carbocycles. The van der Waals surface area contributed by atoms with Crippen LogP contribution >= 0.6 is 11.6 Å². The summed E-state index contributed by atoms with van der Waals surface area (Å²) in [5.41, 5.74) is 10.6. The second kappa shape index (κ2) is 6.08. The van der Waals surface area contributed by atoms with Gasteiger partial charge in [-0.15, -0.1) is 0 Å². The lowest BCUT2D eigenvalue weighted by Gasteiger charge is -2.37. The van der Waals surface area contributed by atoms with E-state index in [2.05, 4.69) is 48.2 Å². The number of halogens is 1. The molecule has 1 atom stereocenters. The van der Waals surface area contributed by atoms with Crippen LogP contribution in [0.1, 0.15) is 24.5 Å². The topological polar surface area (TPSA) is 29.3 Å². The maximum absolute atomic E-state index is 6.55. The van der Waals surface area contributed by atoms with Gasteiger partial charge in [0, 0.05) is 11.7 Å². The van der Waals surface area contributed by atoms with Crippen LogP contribution in [0.4, 0.5) is 11.4 Å². The third kappa shape index (κ3) is 2.78. The molecule has 110 valence electrons. The molecule has 2 aromatic rings. The van der Waals surface area contributed by atoms with E-state index in [1.54, 1.807) is 0 Å². The van der Waals surface area contributed by atoms with E-state index in [4.69, 9.17) is 17.3 Å². The molecular formula is C18H21ClN2. The number of nitrogens with zero attached hydrogens (tertiary/aromatic N) is 1. The Kier molecular flexibility index (Phi) is 4.18. The SMILES string of the molecule is CC1CCc2ccccc2N1c1ccc(CCN)cc1Cl. The van der Waals surface area contributed by atoms with Crippen molar-refractivity contribution in [3.8, 4) is 0 Å². The smallest absolute Gasteiger partial charge is 0.0645 e. The number of nitrogens with two attached hydrogens (primary N) is 1. The zero-order valence-electron chi connectivity index (χ0n) is 12.3. The Labute approximate surface area is 131 Å². The molecular weight excluding hydrogens is 280 g/mol. The highest BCUT2D eigenvalue weighted by Crippen LogP contribution is 2.40. The number of aryl methyl sites for hydroxylation is 1. The van der Waals surface area contributed by atoms with Gasteiger partial charge in [0.25, 0.3) is 0 Å². The number of benzene rings is 2. The first-order chi connectivity index (χ1) is 10.2. The molecule has 0 fully saturated rings. The van der Waals surface area contributed by atoms with Gasteiger partial charge in [-0.1, -0.05) is 35.9 Å². The molecule has 0 spiro atoms. The fourth-order valence-corrected chi connectivity index (χ4v) is 3.42. The van der Waals surface area contributed by atoms with E-state index in [-0.39, 0.29) is 0 Å². The van der Waals surface area contributed by atoms with E-state index < -0.39 is 0 Å². The average molecular weight is 301 g/mol. The second-order valence-electron chi connectivity index (χ2n) is 5.71. The molecule has 3 heteroatoms. The zero-order chi connectivity index (χ0) is 14.8. The number of rotatable bonds is 3. The molecule has 0 amide bonds. The third-order valence-electron chi connectivity index (χ3n) is 4.23. The summed E-state index contributed by atoms with van der Waals surface area (Å²) in [4.78, 5) is 2.37. The molecule has 0 aromatic heterocycles. The predicted molar refractivity (Wildman–Crippen MR) is 90.6 cm³/mol. The van der Waals surface area contributed by atoms with Gasteiger partial charge in [0.15, 0.2) is 0 Å². The Hall–Kier alpha value is -1.51. The molecule has 2 aromatic carbocycles. The number of anilines is 2. The van der Waals surface area contributed by atoms with Crippen LogP contribution in [0.5, 0.6) is 0 Å². The Balaban J connectivity index is 2.03. The van der Waals surface area contributed by atoms with Crippen LogP contribution in [-0.4, -0.2) is 12.6 Å². The minimum Gasteiger partial charge on any atom is -0.337 e. The first-order valence-corrected chi connectivity index (χ1v) is 7.94. The summed E-state index contributed by atoms with van der Waals surface area (Å²) >= 11 is 6.55. The normalized spacial score (nSPS) is 17.7. The van der Waals surface area contributed by atoms with E-state index in [9.17, 15) is 0 Å². The first-order valence-electron chi connectivity index (χ1n) is 7.56. The van der Waals surface area contributed by atoms with Gasteiger partial charge in [0.1, 0.15) is 0 Å². The summed E-state index contributed by atoms with van der Waals surface area (Å²) in [6, 6.07) is 15.4. The Morgan fingerprint density at radius 1 is 1.19 bits per heavy atom. The van der Waals surface area contributed by atoms with Crippen molar-refractivity contribution in [2.75, 3.05) is 11.4 Å². The van der Waals surface area contributed by atoms with Gasteiger partial charge in [-0.25, -0.2) is 0 Å². The van der Waals surface area contributed by atoms with Crippen molar-refractivity contribution in [1.29, 1.82) is 0 Å². The van der Waals surface area contributed by atoms with Crippen molar-refractivity contribution >= 4 is 23.0 Å². The lowest BCUT2D eigenvalue weighted by atomic mass is 9.95. The van der Waals surface area contributed by atoms with E-state index in [0.717, 1.165) is 30.0 Å². The van der Waals surface area contributed by atoms with E-state index >= 15 is 0 Å². The van der Waals surface area contributed by atoms with Gasteiger partial charge < -0.3 is 10.6 Å². The van der Waals surface area contributed by atoms with Crippen molar-refractivity contribution in [2.45, 2.75) is 32.2 Å². The van der Waals surface area contributed by atoms with Crippen molar-refractivity contribution in [2.24, 2.45) is 5.73 Å². The second-order valence-corrected chi connectivity index (χ2v) is 6.12. The van der Waals surface area contributed by atoms with E-state index in [1.807, 2.05) is 6.07 Å². The lowest BCUT2D eigenvalue weighted by molar-refractivity contribution is 0.618. The van der Waals surface area contributed by atoms with Crippen LogP contribution < -0.4 is 10.6 Å². The zero-order valence-corrected chi connectivity index (χ0v) is 13.1. The van der Waals surface area contributed by atoms with Crippen LogP contribution in [0.3, 0.4) is 0 Å². The summed E-state index contributed by atoms with van der Waals surface area (Å²) in [7, 11) is 0. The van der Waals surface area contributed by atoms with Crippen molar-refractivity contribution < 1.29 is 0 Å². The molecule has 2 nitrogen and oxygen atoms in total. The highest BCUT2D eigenvalue weighted by Gasteiger charge is 2.25. The number of para-hydroxylation sites is 1. The van der Waals surface area contributed by atoms with Crippen LogP contribution in [0.25, 0.3) is 0 Å². The Bertz CT molecular complexity index is 639. The van der Waals surface area contributed by atoms with Gasteiger partial charge in [-0.3, -0.25) is 0 Å². The fraction of sp³-hybridized carbons (Fsp3) is 0.333. The van der Waals surface area contributed by atoms with E-state index in [0.29, 0.717) is 12.6 Å². The minimum atomic E-state index is 0.456. The first kappa shape index (κ1) is 14.4. The van der Waals surface area contributed by atoms with Gasteiger partial charge in [-0.2, -0.15) is 0 Å². The highest BCUT2D eigenvalue weighted by molar-refractivity contribution is 6.33. The summed E-state index contributed by atoms with van der Waals surface area (Å²) in [6.07, 6.45) is 3.15. The van der Waals surface area contributed by atoms with Crippen LogP contribution in [0.15, 0.2) is 42.5 Å². The molecule has 0 saturated heterocycles. The summed E-state index contributed by atoms with van der Waals surface area (Å²) < 4.78 is 0. The quantitative estimate of drug-likeness (QED) is 0.915. The molecule has 1 heterocycles. The molecule has 0 radical (unpaired) electrons. The van der Waals surface area contributed by atoms with Gasteiger partial charge in [0.05, 0.1) is 10.7 Å². The molecule has 1 aliphatic heterocycles. The molecule has 2 N–H and O–H groups in total. The molecule has 0 saturated carbocycles. The minimum absolute atomic E-state index is 0.456. The highest BCUT2D eigenvalue weighted by atomic mass is 35.5. The maximum atomic E-state index is 6.55. The fourth-order valence-electron chi connectivity index (χ4n) is 3.12. The van der Waals surface area contributed by atoms with Crippen LogP contribution in [0.2, 0.25) is 5.02 Å². The van der Waals surface area contributed by atoms with Gasteiger partial charge in [-0.05, 0) is 62.1 Å². The Morgan fingerprint density at radius 2 is 2.00 bits per heavy atom. The molecule has 3 rings (SSSR count). The summed E-state index contributed by atoms with van der Waals surface area (Å²) in [6.45, 7) is 2.92. The van der Waals surface area contributed by atoms with Crippen LogP contribution in [0, 0.1) is 0 Å². The predicted octanol–water partition coefficient (Wildman–Crippen LogP) is 4.31. The summed E-state index contributed by atoms with van der Waals surface area (Å²) in [5, 5.41) is 0.810. The van der Waals surface area contributed by atoms with Crippen molar-refractivity contribution in [3.05, 3.63) is 58.6 Å². The van der Waals surface area contributed by atoms with Gasteiger partial charge >= 0.3 is 0 Å². The Morgan fingerprint density at radius 3 is 2.76 bits per heavy atom. The number of hydrogen-bond donors (Lipinski definition) is 1. The summed E-state index contributed by atoms with van der Waals surface area (Å²) in [5.74, 6) is 0. The molecule has 21 heavy (non-hydrogen) atoms. The van der Waals surface area contributed by atoms with Gasteiger partial charge in [0.2, 0.25) is 0 Å². The molecule has 1 unspecified atom stereocenters. The van der Waals surface area contributed by atoms with E-state index in [1.165, 1.54) is 16.8 Å². The standard InChI is InChI=1S/C18H21ClN2/c1-13-6-8-15-4-2-3-5-17(15)21(13)18-9-7-14(10-11-20)12-16(18)19/h2-5,7,9,12-13H,6,8,10-11,20H2,1H3. The molecule has 0 bridgehead atoms. The van der Waals surface area contributed by atoms with Crippen molar-refractivity contribution in [1.82, 2.24) is 0 Å². The number of fused-ring (bicyclic) bond motifs is 1. The number of hydrogen-bond acceptors (Lipinski definition) is 2.